The summed E-state index contributed by atoms with van der Waals surface area (Å²) in [6.07, 6.45) is 5.00. The Morgan fingerprint density at radius 2 is 1.59 bits per heavy atom. The van der Waals surface area contributed by atoms with Crippen molar-refractivity contribution in [3.63, 3.8) is 0 Å². The highest BCUT2D eigenvalue weighted by Crippen LogP contribution is 2.25. The SMILES string of the molecule is CN(C)C1CCN(c2ccc(-c3ccc(-c4ccc(Cl)cc4)cn3)cn2)C1. The molecule has 0 saturated carbocycles. The smallest absolute Gasteiger partial charge is 0.128 e. The molecule has 0 aliphatic carbocycles. The largest absolute Gasteiger partial charge is 0.355 e. The molecule has 2 aromatic heterocycles. The molecule has 1 fully saturated rings. The predicted octanol–water partition coefficient (Wildman–Crippen LogP) is 4.60. The molecule has 4 rings (SSSR count). The standard InChI is InChI=1S/C22H23ClN4/c1-26(2)20-11-12-27(15-20)22-10-6-18(14-25-22)21-9-5-17(13-24-21)16-3-7-19(23)8-4-16/h3-10,13-14,20H,11-12,15H2,1-2H3. The van der Waals surface area contributed by atoms with E-state index in [4.69, 9.17) is 11.6 Å². The lowest BCUT2D eigenvalue weighted by Crippen LogP contribution is -2.31. The average Bonchev–Trinajstić information content (AvgIpc) is 3.20. The van der Waals surface area contributed by atoms with Gasteiger partial charge in [0.1, 0.15) is 5.82 Å². The van der Waals surface area contributed by atoms with Crippen LogP contribution >= 0.6 is 11.6 Å². The molecule has 1 atom stereocenters. The number of anilines is 1. The molecule has 3 aromatic rings. The minimum Gasteiger partial charge on any atom is -0.355 e. The second-order valence-corrected chi connectivity index (χ2v) is 7.63. The number of halogens is 1. The summed E-state index contributed by atoms with van der Waals surface area (Å²) in [4.78, 5) is 13.9. The molecule has 1 saturated heterocycles. The van der Waals surface area contributed by atoms with Gasteiger partial charge in [-0.15, -0.1) is 0 Å². The fourth-order valence-corrected chi connectivity index (χ4v) is 3.60. The van der Waals surface area contributed by atoms with Gasteiger partial charge >= 0.3 is 0 Å². The van der Waals surface area contributed by atoms with Gasteiger partial charge in [0.2, 0.25) is 0 Å². The van der Waals surface area contributed by atoms with Crippen LogP contribution in [-0.2, 0) is 0 Å². The Morgan fingerprint density at radius 3 is 2.19 bits per heavy atom. The van der Waals surface area contributed by atoms with Crippen molar-refractivity contribution in [3.05, 3.63) is 65.9 Å². The van der Waals surface area contributed by atoms with Gasteiger partial charge in [0, 0.05) is 47.7 Å². The van der Waals surface area contributed by atoms with E-state index in [9.17, 15) is 0 Å². The van der Waals surface area contributed by atoms with E-state index in [1.807, 2.05) is 42.7 Å². The number of hydrogen-bond donors (Lipinski definition) is 0. The van der Waals surface area contributed by atoms with Crippen molar-refractivity contribution in [1.29, 1.82) is 0 Å². The van der Waals surface area contributed by atoms with Crippen LogP contribution in [0.5, 0.6) is 0 Å². The maximum Gasteiger partial charge on any atom is 0.128 e. The molecule has 138 valence electrons. The van der Waals surface area contributed by atoms with Gasteiger partial charge in [-0.25, -0.2) is 4.98 Å². The van der Waals surface area contributed by atoms with Crippen LogP contribution in [0.3, 0.4) is 0 Å². The highest BCUT2D eigenvalue weighted by atomic mass is 35.5. The van der Waals surface area contributed by atoms with E-state index in [2.05, 4.69) is 52.1 Å². The van der Waals surface area contributed by atoms with E-state index in [-0.39, 0.29) is 0 Å². The van der Waals surface area contributed by atoms with Crippen LogP contribution in [-0.4, -0.2) is 48.1 Å². The first-order valence-electron chi connectivity index (χ1n) is 9.20. The van der Waals surface area contributed by atoms with Gasteiger partial charge in [-0.3, -0.25) is 4.98 Å². The molecular formula is C22H23ClN4. The quantitative estimate of drug-likeness (QED) is 0.663. The maximum absolute atomic E-state index is 5.96. The average molecular weight is 379 g/mol. The zero-order valence-electron chi connectivity index (χ0n) is 15.6. The summed E-state index contributed by atoms with van der Waals surface area (Å²) in [6, 6.07) is 16.7. The summed E-state index contributed by atoms with van der Waals surface area (Å²) < 4.78 is 0. The number of likely N-dealkylation sites (N-methyl/N-ethyl adjacent to an activating group) is 1. The Balaban J connectivity index is 1.48. The molecule has 0 radical (unpaired) electrons. The van der Waals surface area contributed by atoms with Crippen LogP contribution < -0.4 is 4.90 Å². The number of pyridine rings is 2. The molecule has 27 heavy (non-hydrogen) atoms. The molecule has 0 bridgehead atoms. The van der Waals surface area contributed by atoms with Crippen molar-refractivity contribution >= 4 is 17.4 Å². The van der Waals surface area contributed by atoms with Gasteiger partial charge in [-0.2, -0.15) is 0 Å². The Kier molecular flexibility index (Phi) is 5.10. The summed E-state index contributed by atoms with van der Waals surface area (Å²) in [7, 11) is 4.29. The molecule has 0 spiro atoms. The van der Waals surface area contributed by atoms with Crippen LogP contribution in [0, 0.1) is 0 Å². The molecule has 0 N–H and O–H groups in total. The van der Waals surface area contributed by atoms with Gasteiger partial charge in [0.25, 0.3) is 0 Å². The van der Waals surface area contributed by atoms with Crippen molar-refractivity contribution in [1.82, 2.24) is 14.9 Å². The van der Waals surface area contributed by atoms with E-state index in [1.165, 1.54) is 6.42 Å². The monoisotopic (exact) mass is 378 g/mol. The van der Waals surface area contributed by atoms with Crippen LogP contribution in [0.1, 0.15) is 6.42 Å². The first kappa shape index (κ1) is 18.0. The van der Waals surface area contributed by atoms with Gasteiger partial charge in [0.05, 0.1) is 5.69 Å². The van der Waals surface area contributed by atoms with Crippen LogP contribution in [0.2, 0.25) is 5.02 Å². The van der Waals surface area contributed by atoms with Crippen LogP contribution in [0.15, 0.2) is 60.9 Å². The van der Waals surface area contributed by atoms with Crippen LogP contribution in [0.25, 0.3) is 22.4 Å². The lowest BCUT2D eigenvalue weighted by Gasteiger charge is -2.21. The lowest BCUT2D eigenvalue weighted by molar-refractivity contribution is 0.315. The highest BCUT2D eigenvalue weighted by molar-refractivity contribution is 6.30. The van der Waals surface area contributed by atoms with E-state index in [1.54, 1.807) is 0 Å². The van der Waals surface area contributed by atoms with Crippen LogP contribution in [0.4, 0.5) is 5.82 Å². The van der Waals surface area contributed by atoms with Gasteiger partial charge in [-0.1, -0.05) is 29.8 Å². The topological polar surface area (TPSA) is 32.3 Å². The third kappa shape index (κ3) is 3.97. The number of hydrogen-bond acceptors (Lipinski definition) is 4. The Hall–Kier alpha value is -2.43. The molecular weight excluding hydrogens is 356 g/mol. The summed E-state index contributed by atoms with van der Waals surface area (Å²) in [5.74, 6) is 1.04. The third-order valence-corrected chi connectivity index (χ3v) is 5.45. The summed E-state index contributed by atoms with van der Waals surface area (Å²) >= 11 is 5.96. The fraction of sp³-hybridized carbons (Fsp3) is 0.273. The van der Waals surface area contributed by atoms with Gasteiger partial charge in [0.15, 0.2) is 0 Å². The number of aromatic nitrogens is 2. The molecule has 1 aliphatic rings. The minimum absolute atomic E-state index is 0.605. The second kappa shape index (κ2) is 7.67. The molecule has 4 nitrogen and oxygen atoms in total. The van der Waals surface area contributed by atoms with Gasteiger partial charge in [-0.05, 0) is 56.4 Å². The summed E-state index contributed by atoms with van der Waals surface area (Å²) in [5, 5.41) is 0.740. The van der Waals surface area contributed by atoms with Crippen molar-refractivity contribution in [2.24, 2.45) is 0 Å². The highest BCUT2D eigenvalue weighted by Gasteiger charge is 2.24. The van der Waals surface area contributed by atoms with Crippen molar-refractivity contribution < 1.29 is 0 Å². The summed E-state index contributed by atoms with van der Waals surface area (Å²) in [5.41, 5.74) is 4.15. The number of benzene rings is 1. The third-order valence-electron chi connectivity index (χ3n) is 5.20. The Bertz CT molecular complexity index is 889. The van der Waals surface area contributed by atoms with E-state index < -0.39 is 0 Å². The molecule has 1 aromatic carbocycles. The zero-order chi connectivity index (χ0) is 18.8. The summed E-state index contributed by atoms with van der Waals surface area (Å²) in [6.45, 7) is 2.09. The minimum atomic E-state index is 0.605. The van der Waals surface area contributed by atoms with Crippen molar-refractivity contribution in [2.75, 3.05) is 32.1 Å². The van der Waals surface area contributed by atoms with E-state index >= 15 is 0 Å². The van der Waals surface area contributed by atoms with E-state index in [0.717, 1.165) is 46.3 Å². The molecule has 1 aliphatic heterocycles. The molecule has 3 heterocycles. The maximum atomic E-state index is 5.96. The van der Waals surface area contributed by atoms with E-state index in [0.29, 0.717) is 6.04 Å². The Labute approximate surface area is 165 Å². The normalized spacial score (nSPS) is 16.9. The first-order valence-corrected chi connectivity index (χ1v) is 9.58. The lowest BCUT2D eigenvalue weighted by atomic mass is 10.1. The first-order chi connectivity index (χ1) is 13.1. The van der Waals surface area contributed by atoms with Crippen molar-refractivity contribution in [2.45, 2.75) is 12.5 Å². The molecule has 5 heteroatoms. The second-order valence-electron chi connectivity index (χ2n) is 7.20. The predicted molar refractivity (Wildman–Crippen MR) is 112 cm³/mol. The number of rotatable bonds is 4. The Morgan fingerprint density at radius 1 is 0.889 bits per heavy atom. The van der Waals surface area contributed by atoms with Gasteiger partial charge < -0.3 is 9.80 Å². The van der Waals surface area contributed by atoms with Crippen molar-refractivity contribution in [3.8, 4) is 22.4 Å². The molecule has 1 unspecified atom stereocenters. The zero-order valence-corrected chi connectivity index (χ0v) is 16.4. The number of nitrogens with zero attached hydrogens (tertiary/aromatic N) is 4. The fourth-order valence-electron chi connectivity index (χ4n) is 3.47. The molecule has 0 amide bonds.